The van der Waals surface area contributed by atoms with Crippen molar-refractivity contribution in [3.05, 3.63) is 41.7 Å². The first-order valence-corrected chi connectivity index (χ1v) is 5.07. The summed E-state index contributed by atoms with van der Waals surface area (Å²) in [7, 11) is 0. The van der Waals surface area contributed by atoms with Crippen molar-refractivity contribution in [2.75, 3.05) is 11.1 Å². The van der Waals surface area contributed by atoms with Gasteiger partial charge in [0.05, 0.1) is 11.9 Å². The molecular weight excluding hydrogens is 200 g/mol. The molecule has 0 amide bonds. The summed E-state index contributed by atoms with van der Waals surface area (Å²) in [5, 5.41) is 3.14. The fourth-order valence-electron chi connectivity index (χ4n) is 1.37. The highest BCUT2D eigenvalue weighted by atomic mass is 15.0. The molecule has 82 valence electrons. The molecule has 0 aliphatic carbocycles. The molecule has 2 aromatic rings. The molecule has 0 radical (unpaired) electrons. The molecule has 0 aliphatic heterocycles. The van der Waals surface area contributed by atoms with Gasteiger partial charge in [0.2, 0.25) is 0 Å². The number of rotatable bonds is 2. The second-order valence-electron chi connectivity index (χ2n) is 3.77. The number of pyridine rings is 2. The van der Waals surface area contributed by atoms with E-state index in [4.69, 9.17) is 5.73 Å². The van der Waals surface area contributed by atoms with Gasteiger partial charge in [0, 0.05) is 6.20 Å². The third kappa shape index (κ3) is 2.28. The summed E-state index contributed by atoms with van der Waals surface area (Å²) in [6.45, 7) is 3.97. The van der Waals surface area contributed by atoms with Crippen molar-refractivity contribution in [2.24, 2.45) is 0 Å². The van der Waals surface area contributed by atoms with Crippen LogP contribution in [-0.2, 0) is 0 Å². The van der Waals surface area contributed by atoms with Crippen LogP contribution >= 0.6 is 0 Å². The topological polar surface area (TPSA) is 63.8 Å². The Morgan fingerprint density at radius 2 is 1.88 bits per heavy atom. The van der Waals surface area contributed by atoms with Crippen LogP contribution in [0.4, 0.5) is 17.3 Å². The van der Waals surface area contributed by atoms with Crippen molar-refractivity contribution >= 4 is 17.3 Å². The average Bonchev–Trinajstić information content (AvgIpc) is 2.24. The minimum Gasteiger partial charge on any atom is -0.397 e. The van der Waals surface area contributed by atoms with Gasteiger partial charge in [-0.25, -0.2) is 9.97 Å². The number of aromatic nitrogens is 2. The highest BCUT2D eigenvalue weighted by molar-refractivity contribution is 5.57. The fourth-order valence-corrected chi connectivity index (χ4v) is 1.37. The molecule has 4 heteroatoms. The smallest absolute Gasteiger partial charge is 0.131 e. The summed E-state index contributed by atoms with van der Waals surface area (Å²) in [4.78, 5) is 8.39. The van der Waals surface area contributed by atoms with Crippen molar-refractivity contribution in [2.45, 2.75) is 13.8 Å². The maximum atomic E-state index is 5.70. The van der Waals surface area contributed by atoms with Crippen molar-refractivity contribution in [3.63, 3.8) is 0 Å². The molecule has 0 bridgehead atoms. The number of nitrogen functional groups attached to an aromatic ring is 1. The molecule has 0 aliphatic rings. The predicted octanol–water partition coefficient (Wildman–Crippen LogP) is 2.42. The zero-order valence-corrected chi connectivity index (χ0v) is 9.36. The van der Waals surface area contributed by atoms with E-state index in [0.717, 1.165) is 22.8 Å². The molecule has 0 saturated heterocycles. The number of nitrogens with zero attached hydrogens (tertiary/aromatic N) is 2. The SMILES string of the molecule is Cc1ccnc(Nc2cc(C)c(N)cn2)c1. The zero-order chi connectivity index (χ0) is 11.5. The van der Waals surface area contributed by atoms with E-state index in [0.29, 0.717) is 5.69 Å². The lowest BCUT2D eigenvalue weighted by molar-refractivity contribution is 1.22. The molecule has 0 fully saturated rings. The number of anilines is 3. The van der Waals surface area contributed by atoms with E-state index in [2.05, 4.69) is 15.3 Å². The third-order valence-electron chi connectivity index (χ3n) is 2.32. The van der Waals surface area contributed by atoms with Gasteiger partial charge in [-0.15, -0.1) is 0 Å². The number of nitrogens with two attached hydrogens (primary N) is 1. The number of hydrogen-bond donors (Lipinski definition) is 2. The van der Waals surface area contributed by atoms with Gasteiger partial charge in [-0.2, -0.15) is 0 Å². The van der Waals surface area contributed by atoms with Gasteiger partial charge in [0.25, 0.3) is 0 Å². The van der Waals surface area contributed by atoms with Crippen molar-refractivity contribution in [3.8, 4) is 0 Å². The molecule has 0 atom stereocenters. The van der Waals surface area contributed by atoms with E-state index in [1.807, 2.05) is 32.0 Å². The van der Waals surface area contributed by atoms with E-state index < -0.39 is 0 Å². The van der Waals surface area contributed by atoms with Gasteiger partial charge < -0.3 is 11.1 Å². The average molecular weight is 214 g/mol. The summed E-state index contributed by atoms with van der Waals surface area (Å²) in [5.74, 6) is 1.54. The Labute approximate surface area is 94.5 Å². The highest BCUT2D eigenvalue weighted by Gasteiger charge is 2.00. The van der Waals surface area contributed by atoms with Crippen LogP contribution in [0.2, 0.25) is 0 Å². The molecule has 2 aromatic heterocycles. The van der Waals surface area contributed by atoms with Gasteiger partial charge >= 0.3 is 0 Å². The quantitative estimate of drug-likeness (QED) is 0.805. The zero-order valence-electron chi connectivity index (χ0n) is 9.36. The largest absolute Gasteiger partial charge is 0.397 e. The van der Waals surface area contributed by atoms with Crippen LogP contribution in [-0.4, -0.2) is 9.97 Å². The van der Waals surface area contributed by atoms with Gasteiger partial charge in [-0.1, -0.05) is 0 Å². The fraction of sp³-hybridized carbons (Fsp3) is 0.167. The molecule has 0 spiro atoms. The minimum atomic E-state index is 0.697. The lowest BCUT2D eigenvalue weighted by atomic mass is 10.2. The Balaban J connectivity index is 2.24. The number of nitrogens with one attached hydrogen (secondary N) is 1. The van der Waals surface area contributed by atoms with Crippen molar-refractivity contribution < 1.29 is 0 Å². The maximum Gasteiger partial charge on any atom is 0.131 e. The van der Waals surface area contributed by atoms with Crippen LogP contribution in [0.15, 0.2) is 30.6 Å². The highest BCUT2D eigenvalue weighted by Crippen LogP contribution is 2.17. The van der Waals surface area contributed by atoms with Crippen LogP contribution < -0.4 is 11.1 Å². The van der Waals surface area contributed by atoms with Crippen LogP contribution in [0.25, 0.3) is 0 Å². The van der Waals surface area contributed by atoms with E-state index in [-0.39, 0.29) is 0 Å². The van der Waals surface area contributed by atoms with Crippen LogP contribution in [0.3, 0.4) is 0 Å². The van der Waals surface area contributed by atoms with Crippen LogP contribution in [0.5, 0.6) is 0 Å². The maximum absolute atomic E-state index is 5.70. The molecule has 0 unspecified atom stereocenters. The van der Waals surface area contributed by atoms with E-state index >= 15 is 0 Å². The Kier molecular flexibility index (Phi) is 2.72. The monoisotopic (exact) mass is 214 g/mol. The Morgan fingerprint density at radius 3 is 2.56 bits per heavy atom. The molecule has 0 saturated carbocycles. The van der Waals surface area contributed by atoms with E-state index in [9.17, 15) is 0 Å². The van der Waals surface area contributed by atoms with Crippen LogP contribution in [0.1, 0.15) is 11.1 Å². The Hall–Kier alpha value is -2.10. The van der Waals surface area contributed by atoms with Crippen molar-refractivity contribution in [1.82, 2.24) is 9.97 Å². The molecule has 3 N–H and O–H groups in total. The number of aryl methyl sites for hydroxylation is 2. The molecule has 2 rings (SSSR count). The van der Waals surface area contributed by atoms with Crippen LogP contribution in [0, 0.1) is 13.8 Å². The summed E-state index contributed by atoms with van der Waals surface area (Å²) in [6, 6.07) is 5.82. The molecular formula is C12H14N4. The Bertz CT molecular complexity index is 508. The summed E-state index contributed by atoms with van der Waals surface area (Å²) in [6.07, 6.45) is 3.41. The second-order valence-corrected chi connectivity index (χ2v) is 3.77. The first-order chi connectivity index (χ1) is 7.65. The molecule has 2 heterocycles. The van der Waals surface area contributed by atoms with E-state index in [1.165, 1.54) is 0 Å². The Morgan fingerprint density at radius 1 is 1.12 bits per heavy atom. The summed E-state index contributed by atoms with van der Waals surface area (Å²) in [5.41, 5.74) is 8.56. The van der Waals surface area contributed by atoms with Gasteiger partial charge in [-0.3, -0.25) is 0 Å². The standard InChI is InChI=1S/C12H14N4/c1-8-3-4-14-11(5-8)16-12-6-9(2)10(13)7-15-12/h3-7H,13H2,1-2H3,(H,14,15,16). The first kappa shape index (κ1) is 10.4. The lowest BCUT2D eigenvalue weighted by Gasteiger charge is -2.07. The van der Waals surface area contributed by atoms with Gasteiger partial charge in [0.15, 0.2) is 0 Å². The molecule has 4 nitrogen and oxygen atoms in total. The normalized spacial score (nSPS) is 10.1. The second kappa shape index (κ2) is 4.18. The predicted molar refractivity (Wildman–Crippen MR) is 65.6 cm³/mol. The third-order valence-corrected chi connectivity index (χ3v) is 2.32. The molecule has 0 aromatic carbocycles. The molecule has 16 heavy (non-hydrogen) atoms. The van der Waals surface area contributed by atoms with Gasteiger partial charge in [0.1, 0.15) is 11.6 Å². The first-order valence-electron chi connectivity index (χ1n) is 5.07. The minimum absolute atomic E-state index is 0.697. The summed E-state index contributed by atoms with van der Waals surface area (Å²) < 4.78 is 0. The lowest BCUT2D eigenvalue weighted by Crippen LogP contribution is -1.98. The van der Waals surface area contributed by atoms with Gasteiger partial charge in [-0.05, 0) is 43.2 Å². The van der Waals surface area contributed by atoms with E-state index in [1.54, 1.807) is 12.4 Å². The number of hydrogen-bond acceptors (Lipinski definition) is 4. The van der Waals surface area contributed by atoms with Crippen molar-refractivity contribution in [1.29, 1.82) is 0 Å². The summed E-state index contributed by atoms with van der Waals surface area (Å²) >= 11 is 0.